The Kier molecular flexibility index (Phi) is 6.37. The number of rotatable bonds is 8. The SMILES string of the molecule is COc1cccc(CCC(=O)Nc2cccc(CCC(=O)O)c2)c1. The van der Waals surface area contributed by atoms with Crippen LogP contribution in [0.1, 0.15) is 24.0 Å². The first-order chi connectivity index (χ1) is 11.6. The van der Waals surface area contributed by atoms with Gasteiger partial charge in [-0.2, -0.15) is 0 Å². The Morgan fingerprint density at radius 2 is 1.67 bits per heavy atom. The molecule has 0 fully saturated rings. The number of aliphatic carboxylic acids is 1. The van der Waals surface area contributed by atoms with Crippen molar-refractivity contribution in [2.45, 2.75) is 25.7 Å². The Bertz CT molecular complexity index is 712. The lowest BCUT2D eigenvalue weighted by molar-refractivity contribution is -0.137. The van der Waals surface area contributed by atoms with E-state index < -0.39 is 5.97 Å². The van der Waals surface area contributed by atoms with Gasteiger partial charge in [-0.3, -0.25) is 9.59 Å². The van der Waals surface area contributed by atoms with Gasteiger partial charge in [-0.05, 0) is 48.2 Å². The number of carbonyl (C=O) groups is 2. The summed E-state index contributed by atoms with van der Waals surface area (Å²) < 4.78 is 5.17. The number of aryl methyl sites for hydroxylation is 2. The van der Waals surface area contributed by atoms with Crippen LogP contribution in [0.25, 0.3) is 0 Å². The van der Waals surface area contributed by atoms with Gasteiger partial charge in [-0.25, -0.2) is 0 Å². The zero-order valence-corrected chi connectivity index (χ0v) is 13.6. The molecule has 0 saturated heterocycles. The molecule has 0 heterocycles. The van der Waals surface area contributed by atoms with Gasteiger partial charge in [0.25, 0.3) is 0 Å². The van der Waals surface area contributed by atoms with Crippen LogP contribution in [0.3, 0.4) is 0 Å². The van der Waals surface area contributed by atoms with Gasteiger partial charge in [0, 0.05) is 18.5 Å². The first-order valence-corrected chi connectivity index (χ1v) is 7.80. The highest BCUT2D eigenvalue weighted by Gasteiger charge is 2.05. The van der Waals surface area contributed by atoms with Crippen LogP contribution in [0, 0.1) is 0 Å². The molecule has 0 aliphatic heterocycles. The summed E-state index contributed by atoms with van der Waals surface area (Å²) in [4.78, 5) is 22.7. The highest BCUT2D eigenvalue weighted by atomic mass is 16.5. The second-order valence-corrected chi connectivity index (χ2v) is 5.49. The van der Waals surface area contributed by atoms with Crippen molar-refractivity contribution in [1.29, 1.82) is 0 Å². The second kappa shape index (κ2) is 8.72. The molecule has 5 nitrogen and oxygen atoms in total. The van der Waals surface area contributed by atoms with E-state index in [2.05, 4.69) is 5.32 Å². The van der Waals surface area contributed by atoms with Gasteiger partial charge in [-0.1, -0.05) is 24.3 Å². The van der Waals surface area contributed by atoms with Crippen molar-refractivity contribution in [3.05, 3.63) is 59.7 Å². The van der Waals surface area contributed by atoms with E-state index in [1.54, 1.807) is 13.2 Å². The van der Waals surface area contributed by atoms with Gasteiger partial charge in [-0.15, -0.1) is 0 Å². The summed E-state index contributed by atoms with van der Waals surface area (Å²) in [5.41, 5.74) is 2.62. The van der Waals surface area contributed by atoms with E-state index in [0.29, 0.717) is 24.9 Å². The number of anilines is 1. The number of ether oxygens (including phenoxy) is 1. The fourth-order valence-electron chi connectivity index (χ4n) is 2.37. The van der Waals surface area contributed by atoms with E-state index in [0.717, 1.165) is 16.9 Å². The first-order valence-electron chi connectivity index (χ1n) is 7.80. The summed E-state index contributed by atoms with van der Waals surface area (Å²) in [7, 11) is 1.61. The average Bonchev–Trinajstić information content (AvgIpc) is 2.59. The lowest BCUT2D eigenvalue weighted by atomic mass is 10.1. The van der Waals surface area contributed by atoms with Crippen LogP contribution >= 0.6 is 0 Å². The highest BCUT2D eigenvalue weighted by molar-refractivity contribution is 5.90. The third-order valence-electron chi connectivity index (χ3n) is 3.61. The maximum absolute atomic E-state index is 12.1. The molecular weight excluding hydrogens is 306 g/mol. The lowest BCUT2D eigenvalue weighted by Crippen LogP contribution is -2.12. The quantitative estimate of drug-likeness (QED) is 0.780. The zero-order valence-electron chi connectivity index (χ0n) is 13.6. The molecule has 0 saturated carbocycles. The number of hydrogen-bond donors (Lipinski definition) is 2. The van der Waals surface area contributed by atoms with Gasteiger partial charge < -0.3 is 15.2 Å². The van der Waals surface area contributed by atoms with Crippen LogP contribution < -0.4 is 10.1 Å². The van der Waals surface area contributed by atoms with Crippen molar-refractivity contribution in [3.8, 4) is 5.75 Å². The van der Waals surface area contributed by atoms with Crippen molar-refractivity contribution in [1.82, 2.24) is 0 Å². The largest absolute Gasteiger partial charge is 0.497 e. The van der Waals surface area contributed by atoms with Gasteiger partial charge in [0.2, 0.25) is 5.91 Å². The number of methoxy groups -OCH3 is 1. The molecule has 0 unspecified atom stereocenters. The van der Waals surface area contributed by atoms with E-state index in [9.17, 15) is 9.59 Å². The van der Waals surface area contributed by atoms with Gasteiger partial charge in [0.05, 0.1) is 7.11 Å². The zero-order chi connectivity index (χ0) is 17.4. The summed E-state index contributed by atoms with van der Waals surface area (Å²) in [5.74, 6) is -0.130. The molecule has 24 heavy (non-hydrogen) atoms. The number of benzene rings is 2. The predicted molar refractivity (Wildman–Crippen MR) is 92.3 cm³/mol. The molecule has 0 aliphatic rings. The summed E-state index contributed by atoms with van der Waals surface area (Å²) in [5, 5.41) is 11.6. The summed E-state index contributed by atoms with van der Waals surface area (Å²) >= 11 is 0. The van der Waals surface area contributed by atoms with Gasteiger partial charge in [0.1, 0.15) is 5.75 Å². The fraction of sp³-hybridized carbons (Fsp3) is 0.263. The average molecular weight is 327 g/mol. The molecule has 1 amide bonds. The monoisotopic (exact) mass is 327 g/mol. The number of carbonyl (C=O) groups excluding carboxylic acids is 1. The van der Waals surface area contributed by atoms with E-state index in [-0.39, 0.29) is 12.3 Å². The van der Waals surface area contributed by atoms with Crippen molar-refractivity contribution in [3.63, 3.8) is 0 Å². The Hall–Kier alpha value is -2.82. The van der Waals surface area contributed by atoms with E-state index >= 15 is 0 Å². The molecule has 0 atom stereocenters. The topological polar surface area (TPSA) is 75.6 Å². The number of amides is 1. The smallest absolute Gasteiger partial charge is 0.303 e. The van der Waals surface area contributed by atoms with Crippen LogP contribution in [0.2, 0.25) is 0 Å². The number of carboxylic acids is 1. The van der Waals surface area contributed by atoms with Gasteiger partial charge >= 0.3 is 5.97 Å². The number of nitrogens with one attached hydrogen (secondary N) is 1. The molecule has 0 bridgehead atoms. The van der Waals surface area contributed by atoms with Crippen LogP contribution in [-0.2, 0) is 22.4 Å². The summed E-state index contributed by atoms with van der Waals surface area (Å²) in [6, 6.07) is 14.9. The summed E-state index contributed by atoms with van der Waals surface area (Å²) in [6.45, 7) is 0. The second-order valence-electron chi connectivity index (χ2n) is 5.49. The predicted octanol–water partition coefficient (Wildman–Crippen LogP) is 3.28. The van der Waals surface area contributed by atoms with Crippen LogP contribution in [0.4, 0.5) is 5.69 Å². The van der Waals surface area contributed by atoms with Crippen LogP contribution in [-0.4, -0.2) is 24.1 Å². The Morgan fingerprint density at radius 3 is 2.38 bits per heavy atom. The third-order valence-corrected chi connectivity index (χ3v) is 3.61. The lowest BCUT2D eigenvalue weighted by Gasteiger charge is -2.08. The minimum Gasteiger partial charge on any atom is -0.497 e. The highest BCUT2D eigenvalue weighted by Crippen LogP contribution is 2.15. The minimum absolute atomic E-state index is 0.0757. The molecule has 126 valence electrons. The Morgan fingerprint density at radius 1 is 1.00 bits per heavy atom. The van der Waals surface area contributed by atoms with Crippen molar-refractivity contribution in [2.75, 3.05) is 12.4 Å². The molecule has 2 aromatic rings. The first kappa shape index (κ1) is 17.5. The standard InChI is InChI=1S/C19H21NO4/c1-24-17-7-3-5-15(13-17)8-10-18(21)20-16-6-2-4-14(12-16)9-11-19(22)23/h2-7,12-13H,8-11H2,1H3,(H,20,21)(H,22,23). The molecule has 2 N–H and O–H groups in total. The molecule has 0 aliphatic carbocycles. The molecular formula is C19H21NO4. The van der Waals surface area contributed by atoms with Crippen LogP contribution in [0.5, 0.6) is 5.75 Å². The normalized spacial score (nSPS) is 10.2. The van der Waals surface area contributed by atoms with E-state index in [1.807, 2.05) is 42.5 Å². The fourth-order valence-corrected chi connectivity index (χ4v) is 2.37. The van der Waals surface area contributed by atoms with Crippen molar-refractivity contribution in [2.24, 2.45) is 0 Å². The van der Waals surface area contributed by atoms with Crippen molar-refractivity contribution >= 4 is 17.6 Å². The maximum atomic E-state index is 12.1. The van der Waals surface area contributed by atoms with Gasteiger partial charge in [0.15, 0.2) is 0 Å². The van der Waals surface area contributed by atoms with Crippen molar-refractivity contribution < 1.29 is 19.4 Å². The number of hydrogen-bond acceptors (Lipinski definition) is 3. The Labute approximate surface area is 141 Å². The Balaban J connectivity index is 1.87. The molecule has 0 aromatic heterocycles. The molecule has 0 spiro atoms. The molecule has 2 rings (SSSR count). The molecule has 5 heteroatoms. The van der Waals surface area contributed by atoms with Crippen LogP contribution in [0.15, 0.2) is 48.5 Å². The third kappa shape index (κ3) is 5.76. The van der Waals surface area contributed by atoms with E-state index in [4.69, 9.17) is 9.84 Å². The maximum Gasteiger partial charge on any atom is 0.303 e. The number of carboxylic acid groups (broad SMARTS) is 1. The summed E-state index contributed by atoms with van der Waals surface area (Å²) in [6.07, 6.45) is 1.52. The molecule has 2 aromatic carbocycles. The minimum atomic E-state index is -0.831. The molecule has 0 radical (unpaired) electrons. The van der Waals surface area contributed by atoms with E-state index in [1.165, 1.54) is 0 Å².